The minimum atomic E-state index is -0.886. The molecule has 0 radical (unpaired) electrons. The van der Waals surface area contributed by atoms with E-state index in [1.807, 2.05) is 36.4 Å². The highest BCUT2D eigenvalue weighted by Gasteiger charge is 2.21. The summed E-state index contributed by atoms with van der Waals surface area (Å²) in [5, 5.41) is 3.52. The second-order valence-corrected chi connectivity index (χ2v) is 7.04. The third kappa shape index (κ3) is 3.51. The summed E-state index contributed by atoms with van der Waals surface area (Å²) >= 11 is 5.84. The fourth-order valence-corrected chi connectivity index (χ4v) is 3.43. The summed E-state index contributed by atoms with van der Waals surface area (Å²) in [5.74, 6) is -0.752. The smallest absolute Gasteiger partial charge is 0.311 e. The Morgan fingerprint density at radius 2 is 1.79 bits per heavy atom. The van der Waals surface area contributed by atoms with E-state index >= 15 is 0 Å². The molecule has 1 atom stereocenters. The number of hydrogen-bond donors (Lipinski definition) is 0. The molecule has 0 aliphatic carbocycles. The summed E-state index contributed by atoms with van der Waals surface area (Å²) in [6, 6.07) is 18.3. The Hall–Kier alpha value is -3.11. The maximum Gasteiger partial charge on any atom is 0.311 e. The lowest BCUT2D eigenvalue weighted by Crippen LogP contribution is -2.25. The summed E-state index contributed by atoms with van der Waals surface area (Å²) < 4.78 is 11.0. The van der Waals surface area contributed by atoms with E-state index in [4.69, 9.17) is 20.8 Å². The monoisotopic (exact) mass is 392 g/mol. The van der Waals surface area contributed by atoms with E-state index in [-0.39, 0.29) is 12.2 Å². The number of carbonyl (C=O) groups excluding carboxylic acids is 2. The van der Waals surface area contributed by atoms with Crippen molar-refractivity contribution in [3.63, 3.8) is 0 Å². The first-order valence-corrected chi connectivity index (χ1v) is 9.28. The van der Waals surface area contributed by atoms with Gasteiger partial charge in [-0.2, -0.15) is 0 Å². The van der Waals surface area contributed by atoms with E-state index in [9.17, 15) is 9.59 Å². The largest absolute Gasteiger partial charge is 0.464 e. The van der Waals surface area contributed by atoms with Gasteiger partial charge in [0.25, 0.3) is 0 Å². The number of benzene rings is 3. The highest BCUT2D eigenvalue weighted by Crippen LogP contribution is 2.30. The van der Waals surface area contributed by atoms with E-state index in [1.165, 1.54) is 0 Å². The van der Waals surface area contributed by atoms with Crippen molar-refractivity contribution in [1.29, 1.82) is 0 Å². The van der Waals surface area contributed by atoms with Crippen molar-refractivity contribution in [3.8, 4) is 0 Å². The van der Waals surface area contributed by atoms with Crippen LogP contribution in [0.5, 0.6) is 0 Å². The average Bonchev–Trinajstić information content (AvgIpc) is 3.11. The van der Waals surface area contributed by atoms with E-state index in [0.29, 0.717) is 16.2 Å². The van der Waals surface area contributed by atoms with E-state index in [2.05, 4.69) is 0 Å². The van der Waals surface area contributed by atoms with Crippen LogP contribution in [0, 0.1) is 0 Å². The lowest BCUT2D eigenvalue weighted by molar-refractivity contribution is -0.145. The number of carbonyl (C=O) groups is 2. The minimum absolute atomic E-state index is 0.0270. The SMILES string of the molecule is C[C@@H](OC(=O)Cc1coc2ccc3ccccc3c12)C(=O)c1ccc(Cl)cc1. The van der Waals surface area contributed by atoms with Crippen LogP contribution in [0.15, 0.2) is 71.3 Å². The number of ether oxygens (including phenoxy) is 1. The number of halogens is 1. The number of hydrogen-bond acceptors (Lipinski definition) is 4. The number of fused-ring (bicyclic) bond motifs is 3. The fourth-order valence-electron chi connectivity index (χ4n) is 3.30. The van der Waals surface area contributed by atoms with Gasteiger partial charge in [0, 0.05) is 21.5 Å². The second kappa shape index (κ2) is 7.49. The summed E-state index contributed by atoms with van der Waals surface area (Å²) in [5.41, 5.74) is 1.90. The molecule has 0 N–H and O–H groups in total. The lowest BCUT2D eigenvalue weighted by atomic mass is 10.0. The fraction of sp³-hybridized carbons (Fsp3) is 0.130. The van der Waals surface area contributed by atoms with Gasteiger partial charge in [-0.3, -0.25) is 9.59 Å². The normalized spacial score (nSPS) is 12.2. The van der Waals surface area contributed by atoms with Crippen LogP contribution in [0.2, 0.25) is 5.02 Å². The molecule has 140 valence electrons. The topological polar surface area (TPSA) is 56.5 Å². The number of furan rings is 1. The molecule has 0 unspecified atom stereocenters. The predicted molar refractivity (Wildman–Crippen MR) is 109 cm³/mol. The van der Waals surface area contributed by atoms with Crippen LogP contribution in [-0.2, 0) is 16.0 Å². The molecule has 1 aromatic heterocycles. The summed E-state index contributed by atoms with van der Waals surface area (Å²) in [7, 11) is 0. The molecule has 4 aromatic rings. The number of ketones is 1. The Morgan fingerprint density at radius 1 is 1.04 bits per heavy atom. The molecule has 0 aliphatic rings. The Balaban J connectivity index is 1.53. The highest BCUT2D eigenvalue weighted by molar-refractivity contribution is 6.30. The van der Waals surface area contributed by atoms with Crippen molar-refractivity contribution >= 4 is 45.1 Å². The maximum atomic E-state index is 12.5. The quantitative estimate of drug-likeness (QED) is 0.328. The zero-order chi connectivity index (χ0) is 19.7. The summed E-state index contributed by atoms with van der Waals surface area (Å²) in [4.78, 5) is 24.9. The number of esters is 1. The van der Waals surface area contributed by atoms with Gasteiger partial charge in [-0.05, 0) is 48.0 Å². The van der Waals surface area contributed by atoms with Crippen molar-refractivity contribution < 1.29 is 18.7 Å². The Morgan fingerprint density at radius 3 is 2.57 bits per heavy atom. The predicted octanol–water partition coefficient (Wildman–Crippen LogP) is 5.60. The second-order valence-electron chi connectivity index (χ2n) is 6.60. The molecule has 0 spiro atoms. The first kappa shape index (κ1) is 18.3. The molecule has 0 saturated heterocycles. The van der Waals surface area contributed by atoms with Gasteiger partial charge >= 0.3 is 5.97 Å². The van der Waals surface area contributed by atoms with Gasteiger partial charge in [0.1, 0.15) is 5.58 Å². The molecule has 0 saturated carbocycles. The number of Topliss-reactive ketones (excluding diaryl/α,β-unsaturated/α-hetero) is 1. The van der Waals surface area contributed by atoms with Crippen LogP contribution in [-0.4, -0.2) is 17.9 Å². The molecule has 0 amide bonds. The van der Waals surface area contributed by atoms with Crippen molar-refractivity contribution in [2.45, 2.75) is 19.4 Å². The molecule has 3 aromatic carbocycles. The molecule has 0 bridgehead atoms. The highest BCUT2D eigenvalue weighted by atomic mass is 35.5. The minimum Gasteiger partial charge on any atom is -0.464 e. The molecule has 28 heavy (non-hydrogen) atoms. The molecule has 4 rings (SSSR count). The third-order valence-corrected chi connectivity index (χ3v) is 4.93. The van der Waals surface area contributed by atoms with Crippen LogP contribution in [0.3, 0.4) is 0 Å². The average molecular weight is 393 g/mol. The number of rotatable bonds is 5. The van der Waals surface area contributed by atoms with Crippen LogP contribution in [0.25, 0.3) is 21.7 Å². The van der Waals surface area contributed by atoms with Crippen LogP contribution in [0.1, 0.15) is 22.8 Å². The molecule has 0 aliphatic heterocycles. The van der Waals surface area contributed by atoms with Crippen molar-refractivity contribution in [3.05, 3.63) is 83.1 Å². The molecule has 1 heterocycles. The van der Waals surface area contributed by atoms with Gasteiger partial charge in [0.2, 0.25) is 5.78 Å². The zero-order valence-electron chi connectivity index (χ0n) is 15.1. The maximum absolute atomic E-state index is 12.5. The molecule has 5 heteroatoms. The van der Waals surface area contributed by atoms with Crippen molar-refractivity contribution in [2.75, 3.05) is 0 Å². The molecular weight excluding hydrogens is 376 g/mol. The van der Waals surface area contributed by atoms with Gasteiger partial charge in [0.05, 0.1) is 12.7 Å². The Labute approximate surface area is 166 Å². The molecule has 0 fully saturated rings. The van der Waals surface area contributed by atoms with E-state index in [0.717, 1.165) is 21.7 Å². The summed E-state index contributed by atoms with van der Waals surface area (Å²) in [6.45, 7) is 1.57. The standard InChI is InChI=1S/C23H17ClO4/c1-14(23(26)16-6-9-18(24)10-7-16)28-21(25)12-17-13-27-20-11-8-15-4-2-3-5-19(15)22(17)20/h2-11,13-14H,12H2,1H3/t14-/m1/s1. The lowest BCUT2D eigenvalue weighted by Gasteiger charge is -2.12. The van der Waals surface area contributed by atoms with Crippen LogP contribution in [0.4, 0.5) is 0 Å². The Bertz CT molecular complexity index is 1170. The van der Waals surface area contributed by atoms with Gasteiger partial charge < -0.3 is 9.15 Å². The zero-order valence-corrected chi connectivity index (χ0v) is 15.9. The van der Waals surface area contributed by atoms with E-state index < -0.39 is 12.1 Å². The van der Waals surface area contributed by atoms with Gasteiger partial charge in [0.15, 0.2) is 6.10 Å². The van der Waals surface area contributed by atoms with Gasteiger partial charge in [-0.25, -0.2) is 0 Å². The first-order chi connectivity index (χ1) is 13.5. The molecular formula is C23H17ClO4. The van der Waals surface area contributed by atoms with Crippen LogP contribution >= 0.6 is 11.6 Å². The summed E-state index contributed by atoms with van der Waals surface area (Å²) in [6.07, 6.45) is 0.715. The van der Waals surface area contributed by atoms with Crippen molar-refractivity contribution in [1.82, 2.24) is 0 Å². The third-order valence-electron chi connectivity index (χ3n) is 4.68. The van der Waals surface area contributed by atoms with Gasteiger partial charge in [-0.1, -0.05) is 41.9 Å². The first-order valence-electron chi connectivity index (χ1n) is 8.90. The van der Waals surface area contributed by atoms with Crippen molar-refractivity contribution in [2.24, 2.45) is 0 Å². The Kier molecular flexibility index (Phi) is 4.88. The van der Waals surface area contributed by atoms with Crippen LogP contribution < -0.4 is 0 Å². The van der Waals surface area contributed by atoms with Gasteiger partial charge in [-0.15, -0.1) is 0 Å². The van der Waals surface area contributed by atoms with E-state index in [1.54, 1.807) is 37.5 Å². The molecule has 4 nitrogen and oxygen atoms in total.